The lowest BCUT2D eigenvalue weighted by atomic mass is 9.96. The molecule has 0 aliphatic carbocycles. The lowest BCUT2D eigenvalue weighted by molar-refractivity contribution is -0.137. The summed E-state index contributed by atoms with van der Waals surface area (Å²) in [6, 6.07) is 3.98. The van der Waals surface area contributed by atoms with Crippen molar-refractivity contribution in [2.24, 2.45) is 0 Å². The van der Waals surface area contributed by atoms with Crippen LogP contribution in [0, 0.1) is 0 Å². The molecule has 1 saturated heterocycles. The second kappa shape index (κ2) is 9.02. The molecule has 1 N–H and O–H groups in total. The zero-order valence-corrected chi connectivity index (χ0v) is 15.3. The van der Waals surface area contributed by atoms with Crippen molar-refractivity contribution in [1.29, 1.82) is 0 Å². The van der Waals surface area contributed by atoms with Crippen LogP contribution in [0.25, 0.3) is 0 Å². The first kappa shape index (κ1) is 19.5. The smallest absolute Gasteiger partial charge is 0.314 e. The highest BCUT2D eigenvalue weighted by atomic mass is 79.9. The normalized spacial score (nSPS) is 17.7. The fourth-order valence-corrected chi connectivity index (χ4v) is 3.64. The molecule has 1 fully saturated rings. The third kappa shape index (κ3) is 5.33. The molecule has 0 saturated carbocycles. The third-order valence-corrected chi connectivity index (χ3v) is 5.13. The highest BCUT2D eigenvalue weighted by Gasteiger charge is 2.32. The molecule has 0 spiro atoms. The molecule has 0 unspecified atom stereocenters. The Labute approximate surface area is 150 Å². The van der Waals surface area contributed by atoms with Crippen LogP contribution < -0.4 is 5.32 Å². The number of rotatable bonds is 7. The van der Waals surface area contributed by atoms with Gasteiger partial charge in [0.15, 0.2) is 0 Å². The summed E-state index contributed by atoms with van der Waals surface area (Å²) in [4.78, 5) is 2.30. The highest BCUT2D eigenvalue weighted by Crippen LogP contribution is 2.37. The van der Waals surface area contributed by atoms with Crippen LogP contribution in [-0.4, -0.2) is 31.1 Å². The molecule has 1 atom stereocenters. The largest absolute Gasteiger partial charge is 0.416 e. The van der Waals surface area contributed by atoms with Gasteiger partial charge in [-0.05, 0) is 43.0 Å². The van der Waals surface area contributed by atoms with Gasteiger partial charge in [-0.15, -0.1) is 6.58 Å². The number of piperazine rings is 1. The molecule has 2 nitrogen and oxygen atoms in total. The summed E-state index contributed by atoms with van der Waals surface area (Å²) < 4.78 is 40.1. The van der Waals surface area contributed by atoms with E-state index in [1.54, 1.807) is 0 Å². The highest BCUT2D eigenvalue weighted by molar-refractivity contribution is 9.10. The predicted molar refractivity (Wildman–Crippen MR) is 95.0 cm³/mol. The summed E-state index contributed by atoms with van der Waals surface area (Å²) in [6.45, 7) is 7.19. The molecule has 6 heteroatoms. The van der Waals surface area contributed by atoms with E-state index in [-0.39, 0.29) is 6.04 Å². The van der Waals surface area contributed by atoms with Gasteiger partial charge in [0.05, 0.1) is 5.56 Å². The lowest BCUT2D eigenvalue weighted by Crippen LogP contribution is -2.45. The zero-order valence-electron chi connectivity index (χ0n) is 13.7. The average molecular weight is 405 g/mol. The van der Waals surface area contributed by atoms with Crippen LogP contribution in [0.4, 0.5) is 13.2 Å². The van der Waals surface area contributed by atoms with Gasteiger partial charge in [0.1, 0.15) is 0 Å². The first-order chi connectivity index (χ1) is 11.4. The molecule has 1 aliphatic heterocycles. The Hall–Kier alpha value is -0.850. The first-order valence-electron chi connectivity index (χ1n) is 8.36. The summed E-state index contributed by atoms with van der Waals surface area (Å²) in [5.74, 6) is 0. The molecule has 134 valence electrons. The Morgan fingerprint density at radius 1 is 1.25 bits per heavy atom. The molecule has 2 rings (SSSR count). The molecular weight excluding hydrogens is 381 g/mol. The second-order valence-electron chi connectivity index (χ2n) is 6.11. The molecule has 0 amide bonds. The van der Waals surface area contributed by atoms with Crippen molar-refractivity contribution in [1.82, 2.24) is 10.2 Å². The number of halogens is 4. The Morgan fingerprint density at radius 2 is 1.96 bits per heavy atom. The average Bonchev–Trinajstić information content (AvgIpc) is 2.56. The van der Waals surface area contributed by atoms with Crippen molar-refractivity contribution < 1.29 is 13.2 Å². The summed E-state index contributed by atoms with van der Waals surface area (Å²) in [7, 11) is 0. The Kier molecular flexibility index (Phi) is 7.32. The fraction of sp³-hybridized carbons (Fsp3) is 0.556. The topological polar surface area (TPSA) is 15.3 Å². The van der Waals surface area contributed by atoms with Gasteiger partial charge in [-0.25, -0.2) is 0 Å². The lowest BCUT2D eigenvalue weighted by Gasteiger charge is -2.36. The molecule has 1 heterocycles. The van der Waals surface area contributed by atoms with Crippen LogP contribution in [-0.2, 0) is 6.18 Å². The van der Waals surface area contributed by atoms with Crippen molar-refractivity contribution >= 4 is 15.9 Å². The van der Waals surface area contributed by atoms with Crippen LogP contribution in [0.15, 0.2) is 35.3 Å². The number of nitrogens with zero attached hydrogens (tertiary/aromatic N) is 1. The van der Waals surface area contributed by atoms with Crippen molar-refractivity contribution in [3.63, 3.8) is 0 Å². The minimum absolute atomic E-state index is 0.00795. The number of benzene rings is 1. The molecule has 1 aliphatic rings. The van der Waals surface area contributed by atoms with Gasteiger partial charge in [0.25, 0.3) is 0 Å². The van der Waals surface area contributed by atoms with E-state index in [2.05, 4.69) is 32.7 Å². The standard InChI is InChI=1S/C18H24BrF3N2/c1-2-3-4-5-6-17(24-11-9-23-10-12-24)15-13-14(18(20,21)22)7-8-16(15)19/h2,7-8,13,17,23H,1,3-6,9-12H2/t17-/m1/s1. The van der Waals surface area contributed by atoms with Gasteiger partial charge >= 0.3 is 6.18 Å². The number of allylic oxidation sites excluding steroid dienone is 1. The third-order valence-electron chi connectivity index (χ3n) is 4.41. The van der Waals surface area contributed by atoms with E-state index < -0.39 is 11.7 Å². The fourth-order valence-electron chi connectivity index (χ4n) is 3.13. The summed E-state index contributed by atoms with van der Waals surface area (Å²) in [5.41, 5.74) is 0.164. The van der Waals surface area contributed by atoms with Crippen LogP contribution in [0.3, 0.4) is 0 Å². The van der Waals surface area contributed by atoms with E-state index >= 15 is 0 Å². The first-order valence-corrected chi connectivity index (χ1v) is 9.15. The van der Waals surface area contributed by atoms with Gasteiger partial charge in [-0.1, -0.05) is 28.4 Å². The van der Waals surface area contributed by atoms with Gasteiger partial charge in [-0.2, -0.15) is 13.2 Å². The van der Waals surface area contributed by atoms with Gasteiger partial charge < -0.3 is 5.32 Å². The Bertz CT molecular complexity index is 540. The van der Waals surface area contributed by atoms with Crippen molar-refractivity contribution in [3.8, 4) is 0 Å². The summed E-state index contributed by atoms with van der Waals surface area (Å²) in [5, 5.41) is 3.30. The predicted octanol–water partition coefficient (Wildman–Crippen LogP) is 5.16. The molecule has 24 heavy (non-hydrogen) atoms. The monoisotopic (exact) mass is 404 g/mol. The number of nitrogens with one attached hydrogen (secondary N) is 1. The zero-order chi connectivity index (χ0) is 17.6. The van der Waals surface area contributed by atoms with E-state index in [9.17, 15) is 13.2 Å². The van der Waals surface area contributed by atoms with Crippen molar-refractivity contribution in [2.75, 3.05) is 26.2 Å². The molecule has 1 aromatic rings. The maximum absolute atomic E-state index is 13.1. The second-order valence-corrected chi connectivity index (χ2v) is 6.96. The number of hydrogen-bond acceptors (Lipinski definition) is 2. The van der Waals surface area contributed by atoms with Crippen LogP contribution in [0.2, 0.25) is 0 Å². The Morgan fingerprint density at radius 3 is 2.58 bits per heavy atom. The van der Waals surface area contributed by atoms with E-state index in [0.29, 0.717) is 0 Å². The van der Waals surface area contributed by atoms with Crippen molar-refractivity contribution in [3.05, 3.63) is 46.5 Å². The minimum Gasteiger partial charge on any atom is -0.314 e. The minimum atomic E-state index is -4.31. The van der Waals surface area contributed by atoms with Gasteiger partial charge in [0.2, 0.25) is 0 Å². The maximum atomic E-state index is 13.1. The van der Waals surface area contributed by atoms with Crippen molar-refractivity contribution in [2.45, 2.75) is 37.9 Å². The number of alkyl halides is 3. The van der Waals surface area contributed by atoms with Crippen LogP contribution in [0.1, 0.15) is 42.9 Å². The van der Waals surface area contributed by atoms with E-state index in [1.807, 2.05) is 6.08 Å². The van der Waals surface area contributed by atoms with Gasteiger partial charge in [0, 0.05) is 36.7 Å². The molecular formula is C18H24BrF3N2. The van der Waals surface area contributed by atoms with Crippen LogP contribution in [0.5, 0.6) is 0 Å². The maximum Gasteiger partial charge on any atom is 0.416 e. The van der Waals surface area contributed by atoms with E-state index in [1.165, 1.54) is 12.1 Å². The van der Waals surface area contributed by atoms with E-state index in [4.69, 9.17) is 0 Å². The summed E-state index contributed by atoms with van der Waals surface area (Å²) >= 11 is 3.46. The molecule has 1 aromatic carbocycles. The number of hydrogen-bond donors (Lipinski definition) is 1. The summed E-state index contributed by atoms with van der Waals surface area (Å²) in [6.07, 6.45) is 1.37. The van der Waals surface area contributed by atoms with Crippen LogP contribution >= 0.6 is 15.9 Å². The molecule has 0 radical (unpaired) electrons. The van der Waals surface area contributed by atoms with Gasteiger partial charge in [-0.3, -0.25) is 4.90 Å². The molecule has 0 bridgehead atoms. The quantitative estimate of drug-likeness (QED) is 0.498. The Balaban J connectivity index is 2.25. The van der Waals surface area contributed by atoms with E-state index in [0.717, 1.165) is 68.0 Å². The SMILES string of the molecule is C=CCCCC[C@H](c1cc(C(F)(F)F)ccc1Br)N1CCNCC1. The number of unbranched alkanes of at least 4 members (excludes halogenated alkanes) is 2. The molecule has 0 aromatic heterocycles.